The van der Waals surface area contributed by atoms with Crippen LogP contribution in [0.5, 0.6) is 0 Å². The molecule has 1 N–H and O–H groups in total. The van der Waals surface area contributed by atoms with Gasteiger partial charge >= 0.3 is 6.18 Å². The Morgan fingerprint density at radius 1 is 1.27 bits per heavy atom. The van der Waals surface area contributed by atoms with Crippen LogP contribution in [0.4, 0.5) is 13.2 Å². The minimum atomic E-state index is -4.49. The van der Waals surface area contributed by atoms with Gasteiger partial charge in [0.15, 0.2) is 5.69 Å². The Morgan fingerprint density at radius 2 is 2.07 bits per heavy atom. The van der Waals surface area contributed by atoms with Gasteiger partial charge in [-0.3, -0.25) is 4.98 Å². The molecule has 0 aliphatic heterocycles. The van der Waals surface area contributed by atoms with Crippen molar-refractivity contribution in [3.63, 3.8) is 0 Å². The summed E-state index contributed by atoms with van der Waals surface area (Å²) in [6.07, 6.45) is -2.19. The Bertz CT molecular complexity index is 449. The molecule has 7 heteroatoms. The van der Waals surface area contributed by atoms with E-state index in [2.05, 4.69) is 20.4 Å². The summed E-state index contributed by atoms with van der Waals surface area (Å²) in [5.41, 5.74) is -0.923. The maximum atomic E-state index is 12.5. The standard InChI is InChI=1S/C8H5F3N4/c9-8(10,11)7-5(2-1-3-12-7)6-4-13-15-14-6/h1-4H,(H,13,14,15). The molecule has 78 valence electrons. The number of nitrogens with zero attached hydrogens (tertiary/aromatic N) is 3. The quantitative estimate of drug-likeness (QED) is 0.788. The lowest BCUT2D eigenvalue weighted by atomic mass is 10.1. The number of aromatic amines is 1. The lowest BCUT2D eigenvalue weighted by Crippen LogP contribution is -2.09. The average molecular weight is 214 g/mol. The van der Waals surface area contributed by atoms with Crippen LogP contribution in [0.15, 0.2) is 24.5 Å². The summed E-state index contributed by atoms with van der Waals surface area (Å²) in [6, 6.07) is 2.72. The highest BCUT2D eigenvalue weighted by Crippen LogP contribution is 2.33. The Hall–Kier alpha value is -1.92. The van der Waals surface area contributed by atoms with Crippen molar-refractivity contribution in [3.8, 4) is 11.3 Å². The van der Waals surface area contributed by atoms with Crippen molar-refractivity contribution in [1.29, 1.82) is 0 Å². The first kappa shape index (κ1) is 9.63. The van der Waals surface area contributed by atoms with E-state index >= 15 is 0 Å². The molecule has 0 atom stereocenters. The van der Waals surface area contributed by atoms with Gasteiger partial charge in [0.05, 0.1) is 6.20 Å². The molecule has 0 bridgehead atoms. The lowest BCUT2D eigenvalue weighted by Gasteiger charge is -2.08. The summed E-state index contributed by atoms with van der Waals surface area (Å²) in [6.45, 7) is 0. The van der Waals surface area contributed by atoms with E-state index < -0.39 is 11.9 Å². The third kappa shape index (κ3) is 1.80. The minimum Gasteiger partial charge on any atom is -0.251 e. The van der Waals surface area contributed by atoms with Gasteiger partial charge in [-0.2, -0.15) is 28.6 Å². The second kappa shape index (κ2) is 3.34. The van der Waals surface area contributed by atoms with Crippen LogP contribution in [-0.4, -0.2) is 20.4 Å². The molecule has 0 saturated heterocycles. The normalized spacial score (nSPS) is 11.7. The van der Waals surface area contributed by atoms with Gasteiger partial charge in [-0.15, -0.1) is 0 Å². The van der Waals surface area contributed by atoms with Crippen LogP contribution in [0, 0.1) is 0 Å². The van der Waals surface area contributed by atoms with Gasteiger partial charge in [-0.1, -0.05) is 0 Å². The molecule has 0 aliphatic rings. The Balaban J connectivity index is 2.58. The number of pyridine rings is 1. The minimum absolute atomic E-state index is 0.0845. The Kier molecular flexibility index (Phi) is 2.14. The average Bonchev–Trinajstić information content (AvgIpc) is 2.69. The zero-order chi connectivity index (χ0) is 10.9. The Labute approximate surface area is 82.2 Å². The molecule has 0 unspecified atom stereocenters. The monoisotopic (exact) mass is 214 g/mol. The molecule has 15 heavy (non-hydrogen) atoms. The molecule has 4 nitrogen and oxygen atoms in total. The first-order valence-corrected chi connectivity index (χ1v) is 3.97. The number of hydrogen-bond donors (Lipinski definition) is 1. The summed E-state index contributed by atoms with van der Waals surface area (Å²) in [7, 11) is 0. The van der Waals surface area contributed by atoms with E-state index in [-0.39, 0.29) is 11.3 Å². The number of halogens is 3. The van der Waals surface area contributed by atoms with E-state index in [0.29, 0.717) is 0 Å². The van der Waals surface area contributed by atoms with Crippen LogP contribution in [0.25, 0.3) is 11.3 Å². The smallest absolute Gasteiger partial charge is 0.251 e. The van der Waals surface area contributed by atoms with E-state index in [1.807, 2.05) is 0 Å². The topological polar surface area (TPSA) is 54.5 Å². The summed E-state index contributed by atoms with van der Waals surface area (Å²) in [5.74, 6) is 0. The maximum Gasteiger partial charge on any atom is 0.434 e. The lowest BCUT2D eigenvalue weighted by molar-refractivity contribution is -0.140. The molecule has 0 aliphatic carbocycles. The van der Waals surface area contributed by atoms with Crippen molar-refractivity contribution < 1.29 is 13.2 Å². The molecule has 2 aromatic rings. The van der Waals surface area contributed by atoms with Crippen molar-refractivity contribution in [2.75, 3.05) is 0 Å². The molecule has 0 saturated carbocycles. The number of nitrogens with one attached hydrogen (secondary N) is 1. The van der Waals surface area contributed by atoms with Crippen molar-refractivity contribution in [2.24, 2.45) is 0 Å². The molecule has 0 amide bonds. The fourth-order valence-electron chi connectivity index (χ4n) is 1.17. The maximum absolute atomic E-state index is 12.5. The SMILES string of the molecule is FC(F)(F)c1ncccc1-c1cn[nH]n1. The summed E-state index contributed by atoms with van der Waals surface area (Å²) >= 11 is 0. The van der Waals surface area contributed by atoms with Crippen LogP contribution in [0.3, 0.4) is 0 Å². The van der Waals surface area contributed by atoms with Gasteiger partial charge in [0.25, 0.3) is 0 Å². The number of alkyl halides is 3. The van der Waals surface area contributed by atoms with E-state index in [9.17, 15) is 13.2 Å². The van der Waals surface area contributed by atoms with Crippen LogP contribution in [0.2, 0.25) is 0 Å². The van der Waals surface area contributed by atoms with Crippen molar-refractivity contribution in [2.45, 2.75) is 6.18 Å². The Morgan fingerprint density at radius 3 is 2.67 bits per heavy atom. The number of hydrogen-bond acceptors (Lipinski definition) is 3. The highest BCUT2D eigenvalue weighted by atomic mass is 19.4. The molecule has 2 aromatic heterocycles. The fraction of sp³-hybridized carbons (Fsp3) is 0.125. The first-order valence-electron chi connectivity index (χ1n) is 3.97. The molecule has 2 heterocycles. The molecule has 0 radical (unpaired) electrons. The highest BCUT2D eigenvalue weighted by Gasteiger charge is 2.35. The van der Waals surface area contributed by atoms with Gasteiger partial charge in [-0.25, -0.2) is 0 Å². The molecular formula is C8H5F3N4. The molecule has 0 spiro atoms. The van der Waals surface area contributed by atoms with Gasteiger partial charge in [0, 0.05) is 11.8 Å². The van der Waals surface area contributed by atoms with Gasteiger partial charge in [0.1, 0.15) is 5.69 Å². The van der Waals surface area contributed by atoms with Crippen LogP contribution in [0.1, 0.15) is 5.69 Å². The van der Waals surface area contributed by atoms with E-state index in [1.54, 1.807) is 0 Å². The summed E-state index contributed by atoms with van der Waals surface area (Å²) in [5, 5.41) is 9.29. The second-order valence-electron chi connectivity index (χ2n) is 2.75. The zero-order valence-electron chi connectivity index (χ0n) is 7.28. The van der Waals surface area contributed by atoms with E-state index in [1.165, 1.54) is 18.3 Å². The summed E-state index contributed by atoms with van der Waals surface area (Å²) < 4.78 is 37.6. The van der Waals surface area contributed by atoms with Gasteiger partial charge < -0.3 is 0 Å². The second-order valence-corrected chi connectivity index (χ2v) is 2.75. The molecule has 0 fully saturated rings. The molecular weight excluding hydrogens is 209 g/mol. The van der Waals surface area contributed by atoms with E-state index in [0.717, 1.165) is 6.20 Å². The van der Waals surface area contributed by atoms with Crippen LogP contribution in [-0.2, 0) is 6.18 Å². The van der Waals surface area contributed by atoms with Crippen molar-refractivity contribution >= 4 is 0 Å². The third-order valence-corrected chi connectivity index (χ3v) is 1.77. The predicted molar refractivity (Wildman–Crippen MR) is 44.6 cm³/mol. The first-order chi connectivity index (χ1) is 7.09. The predicted octanol–water partition coefficient (Wildman–Crippen LogP) is 1.89. The van der Waals surface area contributed by atoms with Crippen molar-refractivity contribution in [3.05, 3.63) is 30.2 Å². The number of H-pyrrole nitrogens is 1. The molecule has 2 rings (SSSR count). The van der Waals surface area contributed by atoms with Gasteiger partial charge in [-0.05, 0) is 12.1 Å². The van der Waals surface area contributed by atoms with E-state index in [4.69, 9.17) is 0 Å². The summed E-state index contributed by atoms with van der Waals surface area (Å²) in [4.78, 5) is 3.30. The van der Waals surface area contributed by atoms with Crippen LogP contribution >= 0.6 is 0 Å². The third-order valence-electron chi connectivity index (χ3n) is 1.77. The molecule has 0 aromatic carbocycles. The van der Waals surface area contributed by atoms with Crippen molar-refractivity contribution in [1.82, 2.24) is 20.4 Å². The number of aromatic nitrogens is 4. The zero-order valence-corrected chi connectivity index (χ0v) is 7.28. The highest BCUT2D eigenvalue weighted by molar-refractivity contribution is 5.60. The largest absolute Gasteiger partial charge is 0.434 e. The fourth-order valence-corrected chi connectivity index (χ4v) is 1.17. The number of rotatable bonds is 1. The van der Waals surface area contributed by atoms with Crippen LogP contribution < -0.4 is 0 Å². The van der Waals surface area contributed by atoms with Gasteiger partial charge in [0.2, 0.25) is 0 Å².